The standard InChI is InChI=1S/C14H15ClN4OS/c15-8-1-4-10(17-9-2-3-9)11(5-8)19-14(20)12-7-21-13(6-16)18-12/h1,4-5,7,9,17H,2-3,6,16H2,(H,19,20). The highest BCUT2D eigenvalue weighted by Gasteiger charge is 2.22. The normalized spacial score (nSPS) is 14.0. The van der Waals surface area contributed by atoms with E-state index < -0.39 is 0 Å². The van der Waals surface area contributed by atoms with Gasteiger partial charge in [-0.1, -0.05) is 11.6 Å². The Bertz CT molecular complexity index is 669. The first-order valence-electron chi connectivity index (χ1n) is 6.67. The van der Waals surface area contributed by atoms with E-state index in [1.807, 2.05) is 6.07 Å². The molecule has 1 aromatic heterocycles. The molecule has 1 amide bonds. The molecular formula is C14H15ClN4OS. The molecule has 0 aliphatic heterocycles. The molecule has 2 aromatic rings. The zero-order valence-electron chi connectivity index (χ0n) is 11.2. The Morgan fingerprint density at radius 2 is 2.24 bits per heavy atom. The van der Waals surface area contributed by atoms with E-state index in [2.05, 4.69) is 15.6 Å². The van der Waals surface area contributed by atoms with Gasteiger partial charge in [-0.2, -0.15) is 0 Å². The van der Waals surface area contributed by atoms with Gasteiger partial charge in [0.25, 0.3) is 5.91 Å². The van der Waals surface area contributed by atoms with Gasteiger partial charge in [-0.25, -0.2) is 4.98 Å². The molecule has 1 heterocycles. The second kappa shape index (κ2) is 6.01. The molecule has 1 aliphatic carbocycles. The fourth-order valence-corrected chi connectivity index (χ4v) is 2.72. The number of rotatable bonds is 5. The summed E-state index contributed by atoms with van der Waals surface area (Å²) in [5.74, 6) is -0.257. The van der Waals surface area contributed by atoms with Gasteiger partial charge in [-0.05, 0) is 31.0 Å². The maximum absolute atomic E-state index is 12.2. The quantitative estimate of drug-likeness (QED) is 0.790. The summed E-state index contributed by atoms with van der Waals surface area (Å²) in [7, 11) is 0. The summed E-state index contributed by atoms with van der Waals surface area (Å²) in [6.45, 7) is 0.337. The minimum atomic E-state index is -0.257. The maximum atomic E-state index is 12.2. The van der Waals surface area contributed by atoms with Crippen molar-refractivity contribution in [2.45, 2.75) is 25.4 Å². The number of nitrogens with two attached hydrogens (primary N) is 1. The molecular weight excluding hydrogens is 308 g/mol. The molecule has 1 fully saturated rings. The smallest absolute Gasteiger partial charge is 0.275 e. The number of nitrogens with one attached hydrogen (secondary N) is 2. The van der Waals surface area contributed by atoms with Crippen molar-refractivity contribution in [1.29, 1.82) is 0 Å². The second-order valence-electron chi connectivity index (χ2n) is 4.89. The molecule has 0 radical (unpaired) electrons. The minimum absolute atomic E-state index is 0.257. The highest BCUT2D eigenvalue weighted by Crippen LogP contribution is 2.31. The number of anilines is 2. The molecule has 0 bridgehead atoms. The van der Waals surface area contributed by atoms with Crippen LogP contribution in [0, 0.1) is 0 Å². The number of benzene rings is 1. The van der Waals surface area contributed by atoms with E-state index >= 15 is 0 Å². The molecule has 0 atom stereocenters. The van der Waals surface area contributed by atoms with Crippen LogP contribution in [0.3, 0.4) is 0 Å². The summed E-state index contributed by atoms with van der Waals surface area (Å²) in [5, 5.41) is 9.25. The molecule has 0 unspecified atom stereocenters. The zero-order chi connectivity index (χ0) is 14.8. The van der Waals surface area contributed by atoms with E-state index in [0.717, 1.165) is 23.5 Å². The predicted octanol–water partition coefficient (Wildman–Crippen LogP) is 3.08. The largest absolute Gasteiger partial charge is 0.381 e. The number of halogens is 1. The van der Waals surface area contributed by atoms with Gasteiger partial charge in [0.2, 0.25) is 0 Å². The van der Waals surface area contributed by atoms with Gasteiger partial charge in [-0.15, -0.1) is 11.3 Å². The fraction of sp³-hybridized carbons (Fsp3) is 0.286. The van der Waals surface area contributed by atoms with Gasteiger partial charge in [0, 0.05) is 23.0 Å². The topological polar surface area (TPSA) is 80.0 Å². The van der Waals surface area contributed by atoms with Gasteiger partial charge < -0.3 is 16.4 Å². The van der Waals surface area contributed by atoms with Gasteiger partial charge in [0.1, 0.15) is 10.7 Å². The zero-order valence-corrected chi connectivity index (χ0v) is 12.8. The maximum Gasteiger partial charge on any atom is 0.275 e. The second-order valence-corrected chi connectivity index (χ2v) is 6.27. The number of carbonyl (C=O) groups is 1. The number of hydrogen-bond acceptors (Lipinski definition) is 5. The van der Waals surface area contributed by atoms with Crippen molar-refractivity contribution >= 4 is 40.2 Å². The molecule has 21 heavy (non-hydrogen) atoms. The molecule has 0 saturated heterocycles. The summed E-state index contributed by atoms with van der Waals surface area (Å²) in [4.78, 5) is 16.4. The monoisotopic (exact) mass is 322 g/mol. The van der Waals surface area contributed by atoms with Crippen molar-refractivity contribution in [3.63, 3.8) is 0 Å². The van der Waals surface area contributed by atoms with Crippen LogP contribution in [-0.4, -0.2) is 16.9 Å². The first-order chi connectivity index (χ1) is 10.2. The van der Waals surface area contributed by atoms with Crippen LogP contribution in [0.2, 0.25) is 5.02 Å². The van der Waals surface area contributed by atoms with Crippen LogP contribution in [-0.2, 0) is 6.54 Å². The average molecular weight is 323 g/mol. The Hall–Kier alpha value is -1.63. The van der Waals surface area contributed by atoms with Crippen LogP contribution in [0.25, 0.3) is 0 Å². The number of thiazole rings is 1. The Balaban J connectivity index is 1.79. The Morgan fingerprint density at radius 1 is 1.43 bits per heavy atom. The number of hydrogen-bond donors (Lipinski definition) is 3. The highest BCUT2D eigenvalue weighted by molar-refractivity contribution is 7.09. The predicted molar refractivity (Wildman–Crippen MR) is 86.1 cm³/mol. The van der Waals surface area contributed by atoms with E-state index in [-0.39, 0.29) is 5.91 Å². The molecule has 110 valence electrons. The van der Waals surface area contributed by atoms with Crippen LogP contribution in [0.5, 0.6) is 0 Å². The third-order valence-electron chi connectivity index (χ3n) is 3.13. The van der Waals surface area contributed by atoms with E-state index in [0.29, 0.717) is 29.0 Å². The average Bonchev–Trinajstić information content (AvgIpc) is 3.15. The van der Waals surface area contributed by atoms with Gasteiger partial charge >= 0.3 is 0 Å². The van der Waals surface area contributed by atoms with Crippen LogP contribution < -0.4 is 16.4 Å². The van der Waals surface area contributed by atoms with Crippen LogP contribution in [0.4, 0.5) is 11.4 Å². The molecule has 4 N–H and O–H groups in total. The van der Waals surface area contributed by atoms with E-state index in [4.69, 9.17) is 17.3 Å². The molecule has 5 nitrogen and oxygen atoms in total. The number of carbonyl (C=O) groups excluding carboxylic acids is 1. The fourth-order valence-electron chi connectivity index (χ4n) is 1.89. The molecule has 0 spiro atoms. The molecule has 1 saturated carbocycles. The summed E-state index contributed by atoms with van der Waals surface area (Å²) in [5.41, 5.74) is 7.43. The van der Waals surface area contributed by atoms with Crippen molar-refractivity contribution in [1.82, 2.24) is 4.98 Å². The van der Waals surface area contributed by atoms with Crippen molar-refractivity contribution < 1.29 is 4.79 Å². The lowest BCUT2D eigenvalue weighted by molar-refractivity contribution is 0.102. The highest BCUT2D eigenvalue weighted by atomic mass is 35.5. The Labute approximate surface area is 131 Å². The van der Waals surface area contributed by atoms with Crippen LogP contribution in [0.1, 0.15) is 28.3 Å². The molecule has 3 rings (SSSR count). The van der Waals surface area contributed by atoms with Crippen molar-refractivity contribution in [3.8, 4) is 0 Å². The number of amides is 1. The summed E-state index contributed by atoms with van der Waals surface area (Å²) in [6.07, 6.45) is 2.31. The lowest BCUT2D eigenvalue weighted by Gasteiger charge is -2.12. The molecule has 1 aliphatic rings. The number of nitrogens with zero attached hydrogens (tertiary/aromatic N) is 1. The first kappa shape index (κ1) is 14.3. The summed E-state index contributed by atoms with van der Waals surface area (Å²) >= 11 is 7.39. The Morgan fingerprint density at radius 3 is 2.90 bits per heavy atom. The molecule has 1 aromatic carbocycles. The SMILES string of the molecule is NCc1nc(C(=O)Nc2cc(Cl)ccc2NC2CC2)cs1. The summed E-state index contributed by atoms with van der Waals surface area (Å²) < 4.78 is 0. The van der Waals surface area contributed by atoms with E-state index in [1.165, 1.54) is 11.3 Å². The number of aromatic nitrogens is 1. The third kappa shape index (κ3) is 3.53. The lowest BCUT2D eigenvalue weighted by atomic mass is 10.2. The summed E-state index contributed by atoms with van der Waals surface area (Å²) in [6, 6.07) is 5.91. The van der Waals surface area contributed by atoms with Crippen LogP contribution in [0.15, 0.2) is 23.6 Å². The Kier molecular flexibility index (Phi) is 4.10. The van der Waals surface area contributed by atoms with Crippen molar-refractivity contribution in [3.05, 3.63) is 39.3 Å². The molecule has 7 heteroatoms. The van der Waals surface area contributed by atoms with Crippen LogP contribution >= 0.6 is 22.9 Å². The minimum Gasteiger partial charge on any atom is -0.381 e. The van der Waals surface area contributed by atoms with E-state index in [1.54, 1.807) is 17.5 Å². The first-order valence-corrected chi connectivity index (χ1v) is 7.93. The van der Waals surface area contributed by atoms with Crippen molar-refractivity contribution in [2.24, 2.45) is 5.73 Å². The van der Waals surface area contributed by atoms with Crippen molar-refractivity contribution in [2.75, 3.05) is 10.6 Å². The lowest BCUT2D eigenvalue weighted by Crippen LogP contribution is -2.15. The van der Waals surface area contributed by atoms with Gasteiger partial charge in [0.05, 0.1) is 11.4 Å². The van der Waals surface area contributed by atoms with Gasteiger partial charge in [0.15, 0.2) is 0 Å². The van der Waals surface area contributed by atoms with Gasteiger partial charge in [-0.3, -0.25) is 4.79 Å². The third-order valence-corrected chi connectivity index (χ3v) is 4.23. The van der Waals surface area contributed by atoms with E-state index in [9.17, 15) is 4.79 Å².